The molecule has 3 heterocycles. The summed E-state index contributed by atoms with van der Waals surface area (Å²) in [6.45, 7) is 3.69. The molecule has 7 heteroatoms. The van der Waals surface area contributed by atoms with E-state index >= 15 is 0 Å². The van der Waals surface area contributed by atoms with Crippen LogP contribution in [0.1, 0.15) is 0 Å². The van der Waals surface area contributed by atoms with Crippen molar-refractivity contribution >= 4 is 33.5 Å². The Morgan fingerprint density at radius 2 is 1.86 bits per heavy atom. The molecule has 0 unspecified atom stereocenters. The van der Waals surface area contributed by atoms with Crippen LogP contribution in [0.2, 0.25) is 0 Å². The van der Waals surface area contributed by atoms with E-state index in [0.29, 0.717) is 5.95 Å². The predicted molar refractivity (Wildman–Crippen MR) is 87.9 cm³/mol. The Balaban J connectivity index is 1.71. The number of halogens is 1. The van der Waals surface area contributed by atoms with Gasteiger partial charge >= 0.3 is 0 Å². The molecule has 110 valence electrons. The Morgan fingerprint density at radius 1 is 1.10 bits per heavy atom. The zero-order chi connectivity index (χ0) is 14.7. The van der Waals surface area contributed by atoms with Gasteiger partial charge in [-0.3, -0.25) is 0 Å². The van der Waals surface area contributed by atoms with Crippen molar-refractivity contribution in [3.05, 3.63) is 35.1 Å². The van der Waals surface area contributed by atoms with Crippen LogP contribution in [0.3, 0.4) is 0 Å². The number of nitrogens with one attached hydrogen (secondary N) is 1. The summed E-state index contributed by atoms with van der Waals surface area (Å²) >= 11 is 3.53. The first kappa shape index (κ1) is 14.1. The third-order valence-electron chi connectivity index (χ3n) is 3.50. The van der Waals surface area contributed by atoms with E-state index in [1.54, 1.807) is 6.20 Å². The van der Waals surface area contributed by atoms with Crippen molar-refractivity contribution in [3.8, 4) is 0 Å². The normalized spacial score (nSPS) is 15.1. The standard InChI is InChI=1S/C14H17BrN6/c1-16-14-18-10-11(15)13(19-14)21-8-6-20(7-9-21)12-4-2-3-5-17-12/h2-5,10H,6-9H2,1H3,(H,16,18,19). The second-order valence-corrected chi connectivity index (χ2v) is 5.63. The highest BCUT2D eigenvalue weighted by molar-refractivity contribution is 9.10. The molecular formula is C14H17BrN6. The van der Waals surface area contributed by atoms with Gasteiger partial charge in [-0.2, -0.15) is 4.98 Å². The molecule has 0 spiro atoms. The zero-order valence-corrected chi connectivity index (χ0v) is 13.4. The van der Waals surface area contributed by atoms with E-state index in [1.807, 2.05) is 25.4 Å². The smallest absolute Gasteiger partial charge is 0.224 e. The maximum atomic E-state index is 4.53. The Bertz CT molecular complexity index is 598. The van der Waals surface area contributed by atoms with Crippen LogP contribution in [0.5, 0.6) is 0 Å². The minimum atomic E-state index is 0.639. The minimum absolute atomic E-state index is 0.639. The molecule has 0 radical (unpaired) electrons. The summed E-state index contributed by atoms with van der Waals surface area (Å²) in [6, 6.07) is 6.02. The fourth-order valence-corrected chi connectivity index (χ4v) is 2.83. The zero-order valence-electron chi connectivity index (χ0n) is 11.8. The van der Waals surface area contributed by atoms with Crippen LogP contribution in [-0.4, -0.2) is 48.2 Å². The van der Waals surface area contributed by atoms with Gasteiger partial charge in [0.25, 0.3) is 0 Å². The van der Waals surface area contributed by atoms with Crippen molar-refractivity contribution in [3.63, 3.8) is 0 Å². The van der Waals surface area contributed by atoms with Crippen LogP contribution < -0.4 is 15.1 Å². The highest BCUT2D eigenvalue weighted by Crippen LogP contribution is 2.25. The quantitative estimate of drug-likeness (QED) is 0.915. The Hall–Kier alpha value is -1.89. The first-order chi connectivity index (χ1) is 10.3. The molecule has 1 aliphatic heterocycles. The van der Waals surface area contributed by atoms with E-state index in [-0.39, 0.29) is 0 Å². The molecule has 1 saturated heterocycles. The van der Waals surface area contributed by atoms with Crippen molar-refractivity contribution in [1.29, 1.82) is 0 Å². The molecule has 3 rings (SSSR count). The molecule has 2 aromatic rings. The second kappa shape index (κ2) is 6.26. The summed E-state index contributed by atoms with van der Waals surface area (Å²) in [6.07, 6.45) is 3.63. The van der Waals surface area contributed by atoms with Gasteiger partial charge in [0.05, 0.1) is 4.47 Å². The van der Waals surface area contributed by atoms with E-state index in [2.05, 4.69) is 52.1 Å². The van der Waals surface area contributed by atoms with Crippen LogP contribution >= 0.6 is 15.9 Å². The molecule has 2 aromatic heterocycles. The molecule has 0 bridgehead atoms. The number of piperazine rings is 1. The van der Waals surface area contributed by atoms with Gasteiger partial charge in [0.15, 0.2) is 0 Å². The Kier molecular flexibility index (Phi) is 4.19. The van der Waals surface area contributed by atoms with Gasteiger partial charge in [-0.15, -0.1) is 0 Å². The van der Waals surface area contributed by atoms with E-state index in [0.717, 1.165) is 42.3 Å². The number of anilines is 3. The van der Waals surface area contributed by atoms with Gasteiger partial charge in [0.1, 0.15) is 11.6 Å². The fraction of sp³-hybridized carbons (Fsp3) is 0.357. The average Bonchev–Trinajstić information content (AvgIpc) is 2.56. The lowest BCUT2D eigenvalue weighted by atomic mass is 10.3. The van der Waals surface area contributed by atoms with Gasteiger partial charge in [0, 0.05) is 45.6 Å². The fourth-order valence-electron chi connectivity index (χ4n) is 2.39. The summed E-state index contributed by atoms with van der Waals surface area (Å²) in [7, 11) is 1.83. The maximum Gasteiger partial charge on any atom is 0.224 e. The molecule has 6 nitrogen and oxygen atoms in total. The molecule has 1 N–H and O–H groups in total. The summed E-state index contributed by atoms with van der Waals surface area (Å²) in [5, 5.41) is 2.98. The number of nitrogens with zero attached hydrogens (tertiary/aromatic N) is 5. The highest BCUT2D eigenvalue weighted by atomic mass is 79.9. The SMILES string of the molecule is CNc1ncc(Br)c(N2CCN(c3ccccn3)CC2)n1. The lowest BCUT2D eigenvalue weighted by molar-refractivity contribution is 0.640. The van der Waals surface area contributed by atoms with Crippen molar-refractivity contribution in [2.24, 2.45) is 0 Å². The molecule has 0 amide bonds. The third kappa shape index (κ3) is 3.07. The first-order valence-corrected chi connectivity index (χ1v) is 7.68. The van der Waals surface area contributed by atoms with Gasteiger partial charge in [-0.25, -0.2) is 9.97 Å². The Labute approximate surface area is 132 Å². The first-order valence-electron chi connectivity index (χ1n) is 6.89. The Morgan fingerprint density at radius 3 is 2.52 bits per heavy atom. The van der Waals surface area contributed by atoms with Crippen molar-refractivity contribution in [1.82, 2.24) is 15.0 Å². The third-order valence-corrected chi connectivity index (χ3v) is 4.06. The molecule has 0 saturated carbocycles. The van der Waals surface area contributed by atoms with Crippen molar-refractivity contribution < 1.29 is 0 Å². The highest BCUT2D eigenvalue weighted by Gasteiger charge is 2.21. The summed E-state index contributed by atoms with van der Waals surface area (Å²) in [5.74, 6) is 2.62. The molecule has 0 aliphatic carbocycles. The average molecular weight is 349 g/mol. The minimum Gasteiger partial charge on any atom is -0.357 e. The summed E-state index contributed by atoms with van der Waals surface area (Å²) in [4.78, 5) is 17.7. The van der Waals surface area contributed by atoms with Gasteiger partial charge in [0.2, 0.25) is 5.95 Å². The lowest BCUT2D eigenvalue weighted by Crippen LogP contribution is -2.47. The number of hydrogen-bond acceptors (Lipinski definition) is 6. The second-order valence-electron chi connectivity index (χ2n) is 4.78. The van der Waals surface area contributed by atoms with Crippen LogP contribution in [0, 0.1) is 0 Å². The van der Waals surface area contributed by atoms with E-state index in [1.165, 1.54) is 0 Å². The number of hydrogen-bond donors (Lipinski definition) is 1. The predicted octanol–water partition coefficient (Wildman–Crippen LogP) is 2.00. The lowest BCUT2D eigenvalue weighted by Gasteiger charge is -2.36. The van der Waals surface area contributed by atoms with Crippen LogP contribution in [-0.2, 0) is 0 Å². The molecule has 1 aliphatic rings. The van der Waals surface area contributed by atoms with Crippen LogP contribution in [0.25, 0.3) is 0 Å². The van der Waals surface area contributed by atoms with E-state index < -0.39 is 0 Å². The van der Waals surface area contributed by atoms with Gasteiger partial charge < -0.3 is 15.1 Å². The molecular weight excluding hydrogens is 332 g/mol. The van der Waals surface area contributed by atoms with Crippen LogP contribution in [0.15, 0.2) is 35.1 Å². The number of rotatable bonds is 3. The molecule has 21 heavy (non-hydrogen) atoms. The van der Waals surface area contributed by atoms with E-state index in [9.17, 15) is 0 Å². The largest absolute Gasteiger partial charge is 0.357 e. The molecule has 0 aromatic carbocycles. The molecule has 1 fully saturated rings. The number of aromatic nitrogens is 3. The van der Waals surface area contributed by atoms with Gasteiger partial charge in [-0.05, 0) is 28.1 Å². The summed E-state index contributed by atoms with van der Waals surface area (Å²) < 4.78 is 0.924. The van der Waals surface area contributed by atoms with E-state index in [4.69, 9.17) is 0 Å². The molecule has 0 atom stereocenters. The monoisotopic (exact) mass is 348 g/mol. The van der Waals surface area contributed by atoms with Gasteiger partial charge in [-0.1, -0.05) is 6.07 Å². The van der Waals surface area contributed by atoms with Crippen molar-refractivity contribution in [2.45, 2.75) is 0 Å². The maximum absolute atomic E-state index is 4.53. The van der Waals surface area contributed by atoms with Crippen LogP contribution in [0.4, 0.5) is 17.6 Å². The number of pyridine rings is 1. The topological polar surface area (TPSA) is 57.2 Å². The van der Waals surface area contributed by atoms with Crippen molar-refractivity contribution in [2.75, 3.05) is 48.3 Å². The summed E-state index contributed by atoms with van der Waals surface area (Å²) in [5.41, 5.74) is 0.